The van der Waals surface area contributed by atoms with Crippen molar-refractivity contribution >= 4 is 5.96 Å². The summed E-state index contributed by atoms with van der Waals surface area (Å²) < 4.78 is 24.0. The van der Waals surface area contributed by atoms with Crippen molar-refractivity contribution in [3.8, 4) is 0 Å². The van der Waals surface area contributed by atoms with Crippen LogP contribution >= 0.6 is 0 Å². The van der Waals surface area contributed by atoms with E-state index in [-0.39, 0.29) is 11.4 Å². The molecule has 2 N–H and O–H groups in total. The Morgan fingerprint density at radius 2 is 1.96 bits per heavy atom. The maximum Gasteiger partial charge on any atom is 0.191 e. The second-order valence-corrected chi connectivity index (χ2v) is 5.73. The third-order valence-corrected chi connectivity index (χ3v) is 4.26. The van der Waals surface area contributed by atoms with Gasteiger partial charge in [-0.1, -0.05) is 12.1 Å². The zero-order valence-electron chi connectivity index (χ0n) is 13.9. The van der Waals surface area contributed by atoms with Crippen molar-refractivity contribution in [1.82, 2.24) is 10.6 Å². The molecule has 0 amide bonds. The highest BCUT2D eigenvalue weighted by atomic mass is 19.1. The summed E-state index contributed by atoms with van der Waals surface area (Å²) in [4.78, 5) is 4.23. The lowest BCUT2D eigenvalue weighted by Crippen LogP contribution is -2.51. The van der Waals surface area contributed by atoms with E-state index in [1.807, 2.05) is 0 Å². The van der Waals surface area contributed by atoms with E-state index >= 15 is 0 Å². The summed E-state index contributed by atoms with van der Waals surface area (Å²) in [6.07, 6.45) is 2.57. The van der Waals surface area contributed by atoms with Crippen molar-refractivity contribution < 1.29 is 13.9 Å². The van der Waals surface area contributed by atoms with Crippen LogP contribution in [-0.2, 0) is 15.9 Å². The van der Waals surface area contributed by atoms with Crippen LogP contribution in [0.3, 0.4) is 0 Å². The van der Waals surface area contributed by atoms with E-state index in [0.717, 1.165) is 50.5 Å². The van der Waals surface area contributed by atoms with Crippen molar-refractivity contribution in [3.63, 3.8) is 0 Å². The quantitative estimate of drug-likeness (QED) is 0.618. The fourth-order valence-corrected chi connectivity index (χ4v) is 2.64. The summed E-state index contributed by atoms with van der Waals surface area (Å²) in [5.74, 6) is 0.538. The van der Waals surface area contributed by atoms with Crippen LogP contribution in [0, 0.1) is 5.82 Å². The first-order valence-electron chi connectivity index (χ1n) is 7.99. The predicted octanol–water partition coefficient (Wildman–Crippen LogP) is 1.73. The topological polar surface area (TPSA) is 54.9 Å². The third-order valence-electron chi connectivity index (χ3n) is 4.26. The largest absolute Gasteiger partial charge is 0.381 e. The van der Waals surface area contributed by atoms with E-state index in [4.69, 9.17) is 9.47 Å². The first-order chi connectivity index (χ1) is 11.2. The SMILES string of the molecule is CN=C(NCCc1ccc(F)cc1)NCC1(OC)CCOCC1. The van der Waals surface area contributed by atoms with Gasteiger partial charge in [0.1, 0.15) is 5.82 Å². The Labute approximate surface area is 137 Å². The number of methoxy groups -OCH3 is 1. The number of rotatable bonds is 6. The molecule has 0 radical (unpaired) electrons. The number of nitrogens with one attached hydrogen (secondary N) is 2. The number of hydrogen-bond donors (Lipinski definition) is 2. The van der Waals surface area contributed by atoms with Gasteiger partial charge in [-0.2, -0.15) is 0 Å². The minimum atomic E-state index is -0.208. The average molecular weight is 323 g/mol. The lowest BCUT2D eigenvalue weighted by Gasteiger charge is -2.36. The minimum absolute atomic E-state index is 0.188. The second-order valence-electron chi connectivity index (χ2n) is 5.73. The zero-order chi connectivity index (χ0) is 16.5. The average Bonchev–Trinajstić information content (AvgIpc) is 2.60. The predicted molar refractivity (Wildman–Crippen MR) is 89.3 cm³/mol. The fourth-order valence-electron chi connectivity index (χ4n) is 2.64. The van der Waals surface area contributed by atoms with Crippen LogP contribution in [0.4, 0.5) is 4.39 Å². The van der Waals surface area contributed by atoms with Gasteiger partial charge in [0.15, 0.2) is 5.96 Å². The van der Waals surface area contributed by atoms with Gasteiger partial charge in [0.05, 0.1) is 5.60 Å². The van der Waals surface area contributed by atoms with Crippen LogP contribution in [-0.4, -0.2) is 52.0 Å². The molecule has 1 aromatic rings. The highest BCUT2D eigenvalue weighted by molar-refractivity contribution is 5.79. The molecule has 2 rings (SSSR count). The van der Waals surface area contributed by atoms with Gasteiger partial charge in [-0.25, -0.2) is 4.39 Å². The highest BCUT2D eigenvalue weighted by Gasteiger charge is 2.32. The molecule has 1 aliphatic rings. The van der Waals surface area contributed by atoms with E-state index in [1.54, 1.807) is 26.3 Å². The van der Waals surface area contributed by atoms with Gasteiger partial charge in [-0.15, -0.1) is 0 Å². The molecule has 0 saturated carbocycles. The standard InChI is InChI=1S/C17H26FN3O2/c1-19-16(20-10-7-14-3-5-15(18)6-4-14)21-13-17(22-2)8-11-23-12-9-17/h3-6H,7-13H2,1-2H3,(H2,19,20,21). The Kier molecular flexibility index (Phi) is 6.80. The molecular formula is C17H26FN3O2. The summed E-state index contributed by atoms with van der Waals surface area (Å²) >= 11 is 0. The number of guanidine groups is 1. The van der Waals surface area contributed by atoms with Crippen molar-refractivity contribution in [1.29, 1.82) is 0 Å². The number of benzene rings is 1. The van der Waals surface area contributed by atoms with E-state index < -0.39 is 0 Å². The summed E-state index contributed by atoms with van der Waals surface area (Å²) in [6.45, 7) is 2.88. The first-order valence-corrected chi connectivity index (χ1v) is 7.99. The lowest BCUT2D eigenvalue weighted by atomic mass is 9.94. The molecule has 1 aliphatic heterocycles. The summed E-state index contributed by atoms with van der Waals surface area (Å²) in [5.41, 5.74) is 0.902. The van der Waals surface area contributed by atoms with Crippen molar-refractivity contribution in [2.75, 3.05) is 40.5 Å². The molecule has 0 atom stereocenters. The molecule has 1 aromatic carbocycles. The molecule has 128 valence electrons. The van der Waals surface area contributed by atoms with Gasteiger partial charge in [-0.3, -0.25) is 4.99 Å². The number of nitrogens with zero attached hydrogens (tertiary/aromatic N) is 1. The Bertz CT molecular complexity index is 499. The molecule has 1 fully saturated rings. The molecule has 1 saturated heterocycles. The van der Waals surface area contributed by atoms with Crippen LogP contribution in [0.25, 0.3) is 0 Å². The molecular weight excluding hydrogens is 297 g/mol. The Morgan fingerprint density at radius 1 is 1.26 bits per heavy atom. The molecule has 6 heteroatoms. The van der Waals surface area contributed by atoms with Crippen LogP contribution in [0.15, 0.2) is 29.3 Å². The van der Waals surface area contributed by atoms with E-state index in [9.17, 15) is 4.39 Å². The van der Waals surface area contributed by atoms with Crippen LogP contribution in [0.2, 0.25) is 0 Å². The van der Waals surface area contributed by atoms with Crippen molar-refractivity contribution in [3.05, 3.63) is 35.6 Å². The summed E-state index contributed by atoms with van der Waals surface area (Å²) in [5, 5.41) is 6.60. The molecule has 0 spiro atoms. The fraction of sp³-hybridized carbons (Fsp3) is 0.588. The molecule has 0 aliphatic carbocycles. The van der Waals surface area contributed by atoms with Crippen LogP contribution in [0.5, 0.6) is 0 Å². The Morgan fingerprint density at radius 3 is 2.57 bits per heavy atom. The van der Waals surface area contributed by atoms with Gasteiger partial charge in [0.2, 0.25) is 0 Å². The summed E-state index contributed by atoms with van der Waals surface area (Å²) in [6, 6.07) is 6.57. The third kappa shape index (κ3) is 5.48. The van der Waals surface area contributed by atoms with E-state index in [1.165, 1.54) is 12.1 Å². The second kappa shape index (κ2) is 8.84. The smallest absolute Gasteiger partial charge is 0.191 e. The van der Waals surface area contributed by atoms with Crippen LogP contribution < -0.4 is 10.6 Å². The number of ether oxygens (including phenoxy) is 2. The minimum Gasteiger partial charge on any atom is -0.381 e. The van der Waals surface area contributed by atoms with Crippen molar-refractivity contribution in [2.45, 2.75) is 24.9 Å². The molecule has 0 bridgehead atoms. The van der Waals surface area contributed by atoms with Crippen LogP contribution in [0.1, 0.15) is 18.4 Å². The van der Waals surface area contributed by atoms with Gasteiger partial charge >= 0.3 is 0 Å². The monoisotopic (exact) mass is 323 g/mol. The molecule has 5 nitrogen and oxygen atoms in total. The maximum absolute atomic E-state index is 12.9. The molecule has 23 heavy (non-hydrogen) atoms. The molecule has 0 aromatic heterocycles. The highest BCUT2D eigenvalue weighted by Crippen LogP contribution is 2.23. The zero-order valence-corrected chi connectivity index (χ0v) is 13.9. The maximum atomic E-state index is 12.9. The van der Waals surface area contributed by atoms with E-state index in [0.29, 0.717) is 6.54 Å². The Balaban J connectivity index is 1.75. The number of hydrogen-bond acceptors (Lipinski definition) is 3. The van der Waals surface area contributed by atoms with Gasteiger partial charge in [0, 0.05) is 53.3 Å². The lowest BCUT2D eigenvalue weighted by molar-refractivity contribution is -0.0855. The summed E-state index contributed by atoms with van der Waals surface area (Å²) in [7, 11) is 3.49. The molecule has 1 heterocycles. The van der Waals surface area contributed by atoms with Gasteiger partial charge < -0.3 is 20.1 Å². The van der Waals surface area contributed by atoms with Crippen molar-refractivity contribution in [2.24, 2.45) is 4.99 Å². The van der Waals surface area contributed by atoms with E-state index in [2.05, 4.69) is 15.6 Å². The van der Waals surface area contributed by atoms with Gasteiger partial charge in [-0.05, 0) is 24.1 Å². The van der Waals surface area contributed by atoms with Gasteiger partial charge in [0.25, 0.3) is 0 Å². The normalized spacial score (nSPS) is 17.8. The number of aliphatic imine (C=N–C) groups is 1. The first kappa shape index (κ1) is 17.7. The molecule has 0 unspecified atom stereocenters. The number of halogens is 1. The Hall–Kier alpha value is -1.66.